The van der Waals surface area contributed by atoms with E-state index in [9.17, 15) is 4.79 Å². The second-order valence-corrected chi connectivity index (χ2v) is 6.02. The van der Waals surface area contributed by atoms with Crippen molar-refractivity contribution in [1.82, 2.24) is 25.1 Å². The van der Waals surface area contributed by atoms with Gasteiger partial charge < -0.3 is 5.32 Å². The van der Waals surface area contributed by atoms with Gasteiger partial charge in [0.2, 0.25) is 5.91 Å². The van der Waals surface area contributed by atoms with Gasteiger partial charge in [0.05, 0.1) is 11.7 Å². The second kappa shape index (κ2) is 5.87. The van der Waals surface area contributed by atoms with E-state index >= 15 is 0 Å². The first-order valence-electron chi connectivity index (χ1n) is 7.63. The van der Waals surface area contributed by atoms with Crippen LogP contribution in [0.4, 0.5) is 0 Å². The van der Waals surface area contributed by atoms with E-state index in [1.807, 2.05) is 32.9 Å². The SMILES string of the molecule is Cc1ccnc(C(NC(=O)Cn2nc(C)cc2C)C2CC2)n1. The van der Waals surface area contributed by atoms with Gasteiger partial charge in [-0.05, 0) is 51.7 Å². The maximum Gasteiger partial charge on any atom is 0.242 e. The molecule has 0 spiro atoms. The third-order valence-corrected chi connectivity index (χ3v) is 3.90. The lowest BCUT2D eigenvalue weighted by Crippen LogP contribution is -2.34. The molecule has 0 aliphatic heterocycles. The van der Waals surface area contributed by atoms with Crippen molar-refractivity contribution < 1.29 is 4.79 Å². The second-order valence-electron chi connectivity index (χ2n) is 6.02. The van der Waals surface area contributed by atoms with Crippen LogP contribution < -0.4 is 5.32 Å². The summed E-state index contributed by atoms with van der Waals surface area (Å²) in [5.41, 5.74) is 2.83. The third kappa shape index (κ3) is 3.32. The number of aryl methyl sites for hydroxylation is 3. The molecule has 1 fully saturated rings. The van der Waals surface area contributed by atoms with E-state index in [1.165, 1.54) is 0 Å². The number of amides is 1. The molecular formula is C16H21N5O. The van der Waals surface area contributed by atoms with Crippen molar-refractivity contribution in [2.45, 2.75) is 46.2 Å². The van der Waals surface area contributed by atoms with E-state index in [1.54, 1.807) is 10.9 Å². The maximum atomic E-state index is 12.3. The number of aromatic nitrogens is 4. The van der Waals surface area contributed by atoms with Crippen molar-refractivity contribution in [3.8, 4) is 0 Å². The van der Waals surface area contributed by atoms with Crippen molar-refractivity contribution in [1.29, 1.82) is 0 Å². The summed E-state index contributed by atoms with van der Waals surface area (Å²) in [5.74, 6) is 1.11. The van der Waals surface area contributed by atoms with E-state index in [-0.39, 0.29) is 18.5 Å². The predicted molar refractivity (Wildman–Crippen MR) is 82.1 cm³/mol. The zero-order valence-corrected chi connectivity index (χ0v) is 13.2. The Morgan fingerprint density at radius 3 is 2.73 bits per heavy atom. The monoisotopic (exact) mass is 299 g/mol. The molecule has 1 aliphatic rings. The van der Waals surface area contributed by atoms with Gasteiger partial charge in [0.25, 0.3) is 0 Å². The molecule has 2 aromatic heterocycles. The summed E-state index contributed by atoms with van der Waals surface area (Å²) in [5, 5.41) is 7.41. The molecule has 1 amide bonds. The highest BCUT2D eigenvalue weighted by atomic mass is 16.2. The number of hydrogen-bond donors (Lipinski definition) is 1. The molecule has 116 valence electrons. The largest absolute Gasteiger partial charge is 0.344 e. The zero-order valence-electron chi connectivity index (χ0n) is 13.2. The standard InChI is InChI=1S/C16H21N5O/c1-10-6-7-17-16(18-10)15(13-4-5-13)19-14(22)9-21-12(3)8-11(2)20-21/h6-8,13,15H,4-5,9H2,1-3H3,(H,19,22). The average molecular weight is 299 g/mol. The summed E-state index contributed by atoms with van der Waals surface area (Å²) in [6, 6.07) is 3.74. The lowest BCUT2D eigenvalue weighted by Gasteiger charge is -2.17. The molecule has 0 radical (unpaired) electrons. The molecule has 1 atom stereocenters. The van der Waals surface area contributed by atoms with E-state index < -0.39 is 0 Å². The van der Waals surface area contributed by atoms with Crippen LogP contribution in [0.3, 0.4) is 0 Å². The number of rotatable bonds is 5. The first-order chi connectivity index (χ1) is 10.5. The molecular weight excluding hydrogens is 278 g/mol. The Labute approximate surface area is 130 Å². The third-order valence-electron chi connectivity index (χ3n) is 3.90. The molecule has 3 rings (SSSR count). The normalized spacial score (nSPS) is 15.6. The van der Waals surface area contributed by atoms with Gasteiger partial charge in [0.1, 0.15) is 6.54 Å². The van der Waals surface area contributed by atoms with Crippen molar-refractivity contribution in [3.63, 3.8) is 0 Å². The minimum atomic E-state index is -0.0932. The van der Waals surface area contributed by atoms with Crippen molar-refractivity contribution in [3.05, 3.63) is 41.2 Å². The number of hydrogen-bond acceptors (Lipinski definition) is 4. The summed E-state index contributed by atoms with van der Waals surface area (Å²) in [4.78, 5) is 21.2. The van der Waals surface area contributed by atoms with Gasteiger partial charge in [-0.3, -0.25) is 9.48 Å². The van der Waals surface area contributed by atoms with Crippen LogP contribution in [-0.4, -0.2) is 25.7 Å². The van der Waals surface area contributed by atoms with Gasteiger partial charge in [-0.25, -0.2) is 9.97 Å². The smallest absolute Gasteiger partial charge is 0.242 e. The Balaban J connectivity index is 1.71. The van der Waals surface area contributed by atoms with E-state index in [4.69, 9.17) is 0 Å². The fraction of sp³-hybridized carbons (Fsp3) is 0.500. The summed E-state index contributed by atoms with van der Waals surface area (Å²) >= 11 is 0. The van der Waals surface area contributed by atoms with E-state index in [2.05, 4.69) is 20.4 Å². The number of nitrogens with one attached hydrogen (secondary N) is 1. The average Bonchev–Trinajstić information content (AvgIpc) is 3.23. The minimum Gasteiger partial charge on any atom is -0.344 e. The minimum absolute atomic E-state index is 0.0480. The van der Waals surface area contributed by atoms with Gasteiger partial charge in [0, 0.05) is 17.6 Å². The lowest BCUT2D eigenvalue weighted by molar-refractivity contribution is -0.122. The fourth-order valence-corrected chi connectivity index (χ4v) is 2.63. The zero-order chi connectivity index (χ0) is 15.7. The lowest BCUT2D eigenvalue weighted by atomic mass is 10.1. The molecule has 0 bridgehead atoms. The summed E-state index contributed by atoms with van der Waals surface area (Å²) in [7, 11) is 0. The fourth-order valence-electron chi connectivity index (χ4n) is 2.63. The number of carbonyl (C=O) groups excluding carboxylic acids is 1. The molecule has 2 aromatic rings. The van der Waals surface area contributed by atoms with Crippen molar-refractivity contribution in [2.24, 2.45) is 5.92 Å². The Bertz CT molecular complexity index is 690. The Hall–Kier alpha value is -2.24. The van der Waals surface area contributed by atoms with Crippen LogP contribution in [0.25, 0.3) is 0 Å². The van der Waals surface area contributed by atoms with Gasteiger partial charge in [-0.15, -0.1) is 0 Å². The van der Waals surface area contributed by atoms with Gasteiger partial charge in [0.15, 0.2) is 5.82 Å². The highest BCUT2D eigenvalue weighted by Gasteiger charge is 2.35. The molecule has 22 heavy (non-hydrogen) atoms. The van der Waals surface area contributed by atoms with E-state index in [0.29, 0.717) is 11.7 Å². The Kier molecular flexibility index (Phi) is 3.92. The van der Waals surface area contributed by atoms with Crippen LogP contribution in [0.5, 0.6) is 0 Å². The number of carbonyl (C=O) groups is 1. The molecule has 1 N–H and O–H groups in total. The summed E-state index contributed by atoms with van der Waals surface area (Å²) in [6.07, 6.45) is 3.98. The first-order valence-corrected chi connectivity index (χ1v) is 7.63. The van der Waals surface area contributed by atoms with Crippen molar-refractivity contribution in [2.75, 3.05) is 0 Å². The van der Waals surface area contributed by atoms with Crippen LogP contribution in [0.2, 0.25) is 0 Å². The number of nitrogens with zero attached hydrogens (tertiary/aromatic N) is 4. The van der Waals surface area contributed by atoms with Gasteiger partial charge in [-0.1, -0.05) is 0 Å². The Morgan fingerprint density at radius 2 is 2.14 bits per heavy atom. The van der Waals surface area contributed by atoms with Crippen molar-refractivity contribution >= 4 is 5.91 Å². The molecule has 1 unspecified atom stereocenters. The van der Waals surface area contributed by atoms with Crippen LogP contribution in [0.1, 0.15) is 41.8 Å². The molecule has 1 saturated carbocycles. The Morgan fingerprint density at radius 1 is 1.36 bits per heavy atom. The van der Waals surface area contributed by atoms with Gasteiger partial charge in [-0.2, -0.15) is 5.10 Å². The first kappa shape index (κ1) is 14.7. The van der Waals surface area contributed by atoms with Crippen LogP contribution in [0, 0.1) is 26.7 Å². The summed E-state index contributed by atoms with van der Waals surface area (Å²) in [6.45, 7) is 6.05. The highest BCUT2D eigenvalue weighted by molar-refractivity contribution is 5.76. The molecule has 6 heteroatoms. The van der Waals surface area contributed by atoms with Crippen LogP contribution in [0.15, 0.2) is 18.3 Å². The summed E-state index contributed by atoms with van der Waals surface area (Å²) < 4.78 is 1.73. The topological polar surface area (TPSA) is 72.7 Å². The molecule has 1 aliphatic carbocycles. The quantitative estimate of drug-likeness (QED) is 0.914. The maximum absolute atomic E-state index is 12.3. The van der Waals surface area contributed by atoms with Crippen LogP contribution >= 0.6 is 0 Å². The molecule has 0 saturated heterocycles. The van der Waals surface area contributed by atoms with Crippen LogP contribution in [-0.2, 0) is 11.3 Å². The van der Waals surface area contributed by atoms with E-state index in [0.717, 1.165) is 29.9 Å². The molecule has 6 nitrogen and oxygen atoms in total. The van der Waals surface area contributed by atoms with Gasteiger partial charge >= 0.3 is 0 Å². The molecule has 2 heterocycles. The predicted octanol–water partition coefficient (Wildman–Crippen LogP) is 1.87. The molecule has 0 aromatic carbocycles. The highest BCUT2D eigenvalue weighted by Crippen LogP contribution is 2.39.